The highest BCUT2D eigenvalue weighted by molar-refractivity contribution is 4.97. The lowest BCUT2D eigenvalue weighted by atomic mass is 9.97. The van der Waals surface area contributed by atoms with Crippen LogP contribution >= 0.6 is 0 Å². The van der Waals surface area contributed by atoms with Crippen molar-refractivity contribution >= 4 is 0 Å². The molecule has 3 fully saturated rings. The van der Waals surface area contributed by atoms with Gasteiger partial charge in [-0.1, -0.05) is 0 Å². The van der Waals surface area contributed by atoms with E-state index >= 15 is 0 Å². The molecule has 134 valence electrons. The zero-order valence-electron chi connectivity index (χ0n) is 11.9. The van der Waals surface area contributed by atoms with Gasteiger partial charge in [0.05, 0.1) is 13.2 Å². The second-order valence-electron chi connectivity index (χ2n) is 5.84. The molecular formula is C12H20O11. The van der Waals surface area contributed by atoms with Gasteiger partial charge in [-0.05, 0) is 0 Å². The normalized spacial score (nSPS) is 56.7. The Labute approximate surface area is 130 Å². The van der Waals surface area contributed by atoms with Gasteiger partial charge in [-0.2, -0.15) is 0 Å². The first kappa shape index (κ1) is 17.4. The van der Waals surface area contributed by atoms with Gasteiger partial charge in [0.15, 0.2) is 12.4 Å². The van der Waals surface area contributed by atoms with Crippen molar-refractivity contribution in [1.29, 1.82) is 0 Å². The van der Waals surface area contributed by atoms with Gasteiger partial charge in [-0.3, -0.25) is 4.74 Å². The Morgan fingerprint density at radius 2 is 1.70 bits per heavy atom. The first-order valence-corrected chi connectivity index (χ1v) is 7.14. The van der Waals surface area contributed by atoms with Crippen molar-refractivity contribution in [1.82, 2.24) is 0 Å². The Balaban J connectivity index is 1.75. The third-order valence-electron chi connectivity index (χ3n) is 4.31. The Bertz CT molecular complexity index is 433. The number of aliphatic hydroxyl groups excluding tert-OH is 6. The van der Waals surface area contributed by atoms with Gasteiger partial charge in [0.2, 0.25) is 0 Å². The molecule has 0 aliphatic carbocycles. The fourth-order valence-corrected chi connectivity index (χ4v) is 2.93. The van der Waals surface area contributed by atoms with Crippen molar-refractivity contribution in [2.75, 3.05) is 13.2 Å². The smallest absolute Gasteiger partial charge is 0.313 e. The van der Waals surface area contributed by atoms with Crippen molar-refractivity contribution < 1.29 is 54.7 Å². The molecule has 0 spiro atoms. The third kappa shape index (κ3) is 2.77. The summed E-state index contributed by atoms with van der Waals surface area (Å²) in [5.74, 6) is -2.85. The molecular weight excluding hydrogens is 320 g/mol. The zero-order chi connectivity index (χ0) is 16.9. The van der Waals surface area contributed by atoms with E-state index in [9.17, 15) is 30.6 Å². The molecule has 11 heteroatoms. The zero-order valence-corrected chi connectivity index (χ0v) is 11.9. The van der Waals surface area contributed by atoms with Crippen molar-refractivity contribution in [3.63, 3.8) is 0 Å². The van der Waals surface area contributed by atoms with Crippen molar-refractivity contribution in [3.8, 4) is 0 Å². The number of fused-ring (bicyclic) bond motifs is 2. The first-order valence-electron chi connectivity index (χ1n) is 7.14. The fraction of sp³-hybridized carbons (Fsp3) is 1.00. The lowest BCUT2D eigenvalue weighted by Gasteiger charge is -2.47. The van der Waals surface area contributed by atoms with E-state index < -0.39 is 67.7 Å². The molecule has 3 saturated heterocycles. The van der Waals surface area contributed by atoms with Gasteiger partial charge in [-0.15, -0.1) is 0 Å². The SMILES string of the molecule is OC[C@H]1O[C@](O)(O[C@H]2O[C@@H]3CO[C@H]([C@H]3O)[C@H]2O)[C@H](O)[C@@H](O)[C@H]1O. The molecule has 11 nitrogen and oxygen atoms in total. The minimum absolute atomic E-state index is 0.00516. The molecule has 3 heterocycles. The molecule has 2 bridgehead atoms. The van der Waals surface area contributed by atoms with Gasteiger partial charge in [0.25, 0.3) is 0 Å². The molecule has 10 atom stereocenters. The van der Waals surface area contributed by atoms with Crippen LogP contribution in [0.4, 0.5) is 0 Å². The van der Waals surface area contributed by atoms with E-state index in [-0.39, 0.29) is 6.61 Å². The maximum absolute atomic E-state index is 10.3. The Kier molecular flexibility index (Phi) is 4.63. The molecule has 3 aliphatic heterocycles. The summed E-state index contributed by atoms with van der Waals surface area (Å²) in [5.41, 5.74) is 0. The first-order chi connectivity index (χ1) is 10.8. The number of ether oxygens (including phenoxy) is 4. The number of aliphatic hydroxyl groups is 7. The molecule has 0 saturated carbocycles. The van der Waals surface area contributed by atoms with Crippen LogP contribution < -0.4 is 0 Å². The predicted octanol–water partition coefficient (Wildman–Crippen LogP) is -5.03. The van der Waals surface area contributed by atoms with Crippen molar-refractivity contribution in [3.05, 3.63) is 0 Å². The van der Waals surface area contributed by atoms with E-state index in [0.29, 0.717) is 0 Å². The van der Waals surface area contributed by atoms with Crippen LogP contribution in [-0.2, 0) is 18.9 Å². The molecule has 0 radical (unpaired) electrons. The quantitative estimate of drug-likeness (QED) is 0.244. The fourth-order valence-electron chi connectivity index (χ4n) is 2.93. The van der Waals surface area contributed by atoms with Crippen LogP contribution in [0.15, 0.2) is 0 Å². The maximum atomic E-state index is 10.3. The minimum atomic E-state index is -2.85. The van der Waals surface area contributed by atoms with E-state index in [4.69, 9.17) is 24.1 Å². The average Bonchev–Trinajstić information content (AvgIpc) is 2.79. The number of hydrogen-bond acceptors (Lipinski definition) is 11. The van der Waals surface area contributed by atoms with Crippen LogP contribution in [-0.4, -0.2) is 110 Å². The van der Waals surface area contributed by atoms with E-state index in [2.05, 4.69) is 0 Å². The van der Waals surface area contributed by atoms with Gasteiger partial charge < -0.3 is 50.0 Å². The van der Waals surface area contributed by atoms with Gasteiger partial charge >= 0.3 is 5.97 Å². The third-order valence-corrected chi connectivity index (χ3v) is 4.31. The molecule has 0 aromatic rings. The molecule has 23 heavy (non-hydrogen) atoms. The maximum Gasteiger partial charge on any atom is 0.313 e. The second kappa shape index (κ2) is 6.13. The van der Waals surface area contributed by atoms with Crippen LogP contribution in [0.3, 0.4) is 0 Å². The van der Waals surface area contributed by atoms with E-state index in [1.165, 1.54) is 0 Å². The van der Waals surface area contributed by atoms with Crippen LogP contribution in [0.5, 0.6) is 0 Å². The highest BCUT2D eigenvalue weighted by Crippen LogP contribution is 2.35. The van der Waals surface area contributed by atoms with Crippen molar-refractivity contribution in [2.24, 2.45) is 0 Å². The monoisotopic (exact) mass is 340 g/mol. The van der Waals surface area contributed by atoms with E-state index in [0.717, 1.165) is 0 Å². The van der Waals surface area contributed by atoms with Crippen molar-refractivity contribution in [2.45, 2.75) is 61.1 Å². The predicted molar refractivity (Wildman–Crippen MR) is 66.4 cm³/mol. The van der Waals surface area contributed by atoms with Crippen LogP contribution in [0, 0.1) is 0 Å². The Morgan fingerprint density at radius 3 is 2.35 bits per heavy atom. The molecule has 7 N–H and O–H groups in total. The van der Waals surface area contributed by atoms with Gasteiger partial charge in [-0.25, -0.2) is 0 Å². The minimum Gasteiger partial charge on any atom is -0.394 e. The summed E-state index contributed by atoms with van der Waals surface area (Å²) in [5, 5.41) is 68.5. The summed E-state index contributed by atoms with van der Waals surface area (Å²) in [6.45, 7) is -0.761. The molecule has 0 aromatic carbocycles. The molecule has 3 aliphatic rings. The molecule has 0 unspecified atom stereocenters. The lowest BCUT2D eigenvalue weighted by molar-refractivity contribution is -0.485. The molecule has 0 amide bonds. The largest absolute Gasteiger partial charge is 0.394 e. The molecule has 3 rings (SSSR count). The lowest BCUT2D eigenvalue weighted by Crippen LogP contribution is -2.68. The highest BCUT2D eigenvalue weighted by Gasteiger charge is 2.58. The highest BCUT2D eigenvalue weighted by atomic mass is 16.9. The Morgan fingerprint density at radius 1 is 1.00 bits per heavy atom. The number of hydrogen-bond donors (Lipinski definition) is 7. The standard InChI is InChI=1S/C12H20O11/c13-1-3-5(14)7(16)10(18)12(19,22-3)23-11-8(17)9-6(15)4(21-11)2-20-9/h3-11,13-19H,1-2H2/t3-,4-,5+,6+,7+,8-,9-,10-,11-,12+/m1/s1. The molecule has 0 aromatic heterocycles. The van der Waals surface area contributed by atoms with Gasteiger partial charge in [0.1, 0.15) is 42.7 Å². The number of rotatable bonds is 3. The average molecular weight is 340 g/mol. The Hall–Kier alpha value is -0.440. The summed E-state index contributed by atoms with van der Waals surface area (Å²) in [4.78, 5) is 0. The van der Waals surface area contributed by atoms with Gasteiger partial charge in [0, 0.05) is 0 Å². The van der Waals surface area contributed by atoms with Crippen LogP contribution in [0.25, 0.3) is 0 Å². The summed E-state index contributed by atoms with van der Waals surface area (Å²) < 4.78 is 20.4. The van der Waals surface area contributed by atoms with E-state index in [1.807, 2.05) is 0 Å². The van der Waals surface area contributed by atoms with E-state index in [1.54, 1.807) is 0 Å². The summed E-state index contributed by atoms with van der Waals surface area (Å²) in [6, 6.07) is 0. The topological polar surface area (TPSA) is 179 Å². The summed E-state index contributed by atoms with van der Waals surface area (Å²) in [7, 11) is 0. The van der Waals surface area contributed by atoms with Crippen LogP contribution in [0.1, 0.15) is 0 Å². The summed E-state index contributed by atoms with van der Waals surface area (Å²) >= 11 is 0. The van der Waals surface area contributed by atoms with Crippen LogP contribution in [0.2, 0.25) is 0 Å². The second-order valence-corrected chi connectivity index (χ2v) is 5.84. The summed E-state index contributed by atoms with van der Waals surface area (Å²) in [6.07, 6.45) is -13.0.